The smallest absolute Gasteiger partial charge is 0.257 e. The van der Waals surface area contributed by atoms with Gasteiger partial charge in [0.2, 0.25) is 0 Å². The molecule has 0 saturated heterocycles. The maximum Gasteiger partial charge on any atom is 0.257 e. The molecule has 0 bridgehead atoms. The Kier molecular flexibility index (Phi) is 4.20. The number of nitrogens with zero attached hydrogens (tertiary/aromatic N) is 1. The van der Waals surface area contributed by atoms with E-state index in [-0.39, 0.29) is 11.8 Å². The van der Waals surface area contributed by atoms with Crippen LogP contribution in [0.25, 0.3) is 0 Å². The van der Waals surface area contributed by atoms with Crippen LogP contribution in [0.5, 0.6) is 0 Å². The van der Waals surface area contributed by atoms with Gasteiger partial charge in [0.15, 0.2) is 0 Å². The van der Waals surface area contributed by atoms with Crippen LogP contribution in [0.3, 0.4) is 0 Å². The summed E-state index contributed by atoms with van der Waals surface area (Å²) in [5.41, 5.74) is 0. The zero-order valence-electron chi connectivity index (χ0n) is 8.10. The molecule has 14 heavy (non-hydrogen) atoms. The molecule has 78 valence electrons. The fourth-order valence-electron chi connectivity index (χ4n) is 1.12. The van der Waals surface area contributed by atoms with E-state index in [4.69, 9.17) is 9.47 Å². The van der Waals surface area contributed by atoms with E-state index >= 15 is 0 Å². The first-order valence-electron chi connectivity index (χ1n) is 3.99. The number of carbonyl (C=O) groups is 2. The van der Waals surface area contributed by atoms with Crippen LogP contribution in [-0.4, -0.2) is 43.4 Å². The van der Waals surface area contributed by atoms with Gasteiger partial charge in [0, 0.05) is 26.4 Å². The van der Waals surface area contributed by atoms with Crippen LogP contribution in [0.1, 0.15) is 0 Å². The van der Waals surface area contributed by atoms with Crippen LogP contribution in [0.2, 0.25) is 0 Å². The van der Waals surface area contributed by atoms with Gasteiger partial charge in [-0.25, -0.2) is 4.67 Å². The highest BCUT2D eigenvalue weighted by atomic mass is 31.1. The van der Waals surface area contributed by atoms with E-state index in [2.05, 4.69) is 0 Å². The molecule has 0 spiro atoms. The second kappa shape index (κ2) is 5.20. The Morgan fingerprint density at radius 3 is 1.93 bits per heavy atom. The average Bonchev–Trinajstić information content (AvgIpc) is 2.46. The van der Waals surface area contributed by atoms with Crippen molar-refractivity contribution in [2.24, 2.45) is 0 Å². The highest BCUT2D eigenvalue weighted by molar-refractivity contribution is 7.56. The fraction of sp³-hybridized carbons (Fsp3) is 0.500. The van der Waals surface area contributed by atoms with Crippen molar-refractivity contribution in [1.29, 1.82) is 0 Å². The first-order valence-corrected chi connectivity index (χ1v) is 5.66. The molecule has 0 aromatic heterocycles. The quantitative estimate of drug-likeness (QED) is 0.497. The molecule has 1 rings (SSSR count). The van der Waals surface area contributed by atoms with E-state index in [1.165, 1.54) is 31.0 Å². The van der Waals surface area contributed by atoms with E-state index in [1.807, 2.05) is 0 Å². The summed E-state index contributed by atoms with van der Waals surface area (Å²) in [5, 5.41) is 0. The van der Waals surface area contributed by atoms with Crippen LogP contribution in [0.4, 0.5) is 0 Å². The number of carbonyl (C=O) groups excluding carboxylic acids is 2. The van der Waals surface area contributed by atoms with E-state index in [0.29, 0.717) is 12.7 Å². The highest BCUT2D eigenvalue weighted by Gasteiger charge is 2.31. The predicted molar refractivity (Wildman–Crippen MR) is 51.7 cm³/mol. The number of rotatable bonds is 5. The maximum atomic E-state index is 11.3. The summed E-state index contributed by atoms with van der Waals surface area (Å²) in [6.45, 7) is 0. The van der Waals surface area contributed by atoms with Crippen molar-refractivity contribution in [2.45, 2.75) is 0 Å². The summed E-state index contributed by atoms with van der Waals surface area (Å²) >= 11 is 0. The van der Waals surface area contributed by atoms with E-state index in [1.54, 1.807) is 0 Å². The van der Waals surface area contributed by atoms with Gasteiger partial charge in [0.05, 0.1) is 20.8 Å². The standard InChI is InChI=1S/C8H12NO4P/c1-12-5-14(6-13-2)9-7(10)3-4-8(9)11/h3-4H,5-6H2,1-2H3. The summed E-state index contributed by atoms with van der Waals surface area (Å²) in [5.74, 6) is -0.564. The second-order valence-corrected chi connectivity index (χ2v) is 4.59. The van der Waals surface area contributed by atoms with Gasteiger partial charge < -0.3 is 9.47 Å². The third-order valence-electron chi connectivity index (χ3n) is 1.63. The van der Waals surface area contributed by atoms with Gasteiger partial charge in [0.25, 0.3) is 11.8 Å². The SMILES string of the molecule is COCP(COC)N1C(=O)C=CC1=O. The Balaban J connectivity index is 2.67. The lowest BCUT2D eigenvalue weighted by Crippen LogP contribution is -2.27. The monoisotopic (exact) mass is 217 g/mol. The topological polar surface area (TPSA) is 55.8 Å². The third kappa shape index (κ3) is 2.38. The van der Waals surface area contributed by atoms with Gasteiger partial charge >= 0.3 is 0 Å². The van der Waals surface area contributed by atoms with E-state index in [0.717, 1.165) is 0 Å². The average molecular weight is 217 g/mol. The summed E-state index contributed by atoms with van der Waals surface area (Å²) in [6, 6.07) is 0. The van der Waals surface area contributed by atoms with Crippen LogP contribution >= 0.6 is 8.07 Å². The summed E-state index contributed by atoms with van der Waals surface area (Å²) < 4.78 is 11.1. The van der Waals surface area contributed by atoms with Gasteiger partial charge in [-0.3, -0.25) is 9.59 Å². The molecule has 1 heterocycles. The lowest BCUT2D eigenvalue weighted by molar-refractivity contribution is -0.130. The van der Waals surface area contributed by atoms with Gasteiger partial charge in [-0.2, -0.15) is 0 Å². The fourth-order valence-corrected chi connectivity index (χ4v) is 2.71. The molecule has 0 aliphatic carbocycles. The molecule has 5 nitrogen and oxygen atoms in total. The number of ether oxygens (including phenoxy) is 2. The summed E-state index contributed by atoms with van der Waals surface area (Å²) in [7, 11) is 2.05. The number of amides is 2. The lowest BCUT2D eigenvalue weighted by atomic mass is 10.6. The maximum absolute atomic E-state index is 11.3. The zero-order valence-corrected chi connectivity index (χ0v) is 8.99. The third-order valence-corrected chi connectivity index (χ3v) is 3.70. The predicted octanol–water partition coefficient (Wildman–Crippen LogP) is 0.516. The number of hydrogen-bond donors (Lipinski definition) is 0. The Bertz CT molecular complexity index is 242. The molecule has 0 aromatic carbocycles. The van der Waals surface area contributed by atoms with Crippen molar-refractivity contribution in [1.82, 2.24) is 4.67 Å². The Labute approximate surface area is 83.5 Å². The van der Waals surface area contributed by atoms with Crippen LogP contribution in [-0.2, 0) is 19.1 Å². The van der Waals surface area contributed by atoms with Gasteiger partial charge in [-0.05, 0) is 0 Å². The summed E-state index contributed by atoms with van der Waals surface area (Å²) in [4.78, 5) is 22.6. The first kappa shape index (κ1) is 11.3. The van der Waals surface area contributed by atoms with Crippen molar-refractivity contribution in [3.8, 4) is 0 Å². The molecule has 6 heteroatoms. The molecule has 0 aromatic rings. The minimum atomic E-state index is -1.01. The van der Waals surface area contributed by atoms with Crippen LogP contribution in [0.15, 0.2) is 12.2 Å². The molecule has 0 N–H and O–H groups in total. The van der Waals surface area contributed by atoms with Crippen molar-refractivity contribution < 1.29 is 19.1 Å². The van der Waals surface area contributed by atoms with Gasteiger partial charge in [-0.15, -0.1) is 0 Å². The van der Waals surface area contributed by atoms with E-state index < -0.39 is 8.07 Å². The van der Waals surface area contributed by atoms with Crippen molar-refractivity contribution in [3.05, 3.63) is 12.2 Å². The van der Waals surface area contributed by atoms with Gasteiger partial charge in [0.1, 0.15) is 0 Å². The van der Waals surface area contributed by atoms with Crippen LogP contribution in [0, 0.1) is 0 Å². The molecule has 0 saturated carbocycles. The zero-order chi connectivity index (χ0) is 10.6. The number of hydrogen-bond acceptors (Lipinski definition) is 4. The second-order valence-electron chi connectivity index (χ2n) is 2.66. The van der Waals surface area contributed by atoms with Gasteiger partial charge in [-0.1, -0.05) is 0 Å². The molecule has 1 aliphatic rings. The molecule has 0 fully saturated rings. The van der Waals surface area contributed by atoms with Crippen molar-refractivity contribution in [2.75, 3.05) is 26.9 Å². The first-order chi connectivity index (χ1) is 6.70. The lowest BCUT2D eigenvalue weighted by Gasteiger charge is -2.24. The molecular weight excluding hydrogens is 205 g/mol. The van der Waals surface area contributed by atoms with Crippen molar-refractivity contribution >= 4 is 19.9 Å². The molecule has 0 unspecified atom stereocenters. The number of imide groups is 1. The van der Waals surface area contributed by atoms with Crippen LogP contribution < -0.4 is 0 Å². The minimum absolute atomic E-state index is 0.282. The Morgan fingerprint density at radius 1 is 1.14 bits per heavy atom. The highest BCUT2D eigenvalue weighted by Crippen LogP contribution is 2.41. The summed E-state index contributed by atoms with van der Waals surface area (Å²) in [6.07, 6.45) is 3.23. The Morgan fingerprint density at radius 2 is 1.57 bits per heavy atom. The molecule has 0 radical (unpaired) electrons. The molecule has 1 aliphatic heterocycles. The number of methoxy groups -OCH3 is 2. The molecule has 0 atom stereocenters. The molecular formula is C8H12NO4P. The minimum Gasteiger partial charge on any atom is -0.378 e. The van der Waals surface area contributed by atoms with E-state index in [9.17, 15) is 9.59 Å². The van der Waals surface area contributed by atoms with Crippen molar-refractivity contribution in [3.63, 3.8) is 0 Å². The normalized spacial score (nSPS) is 16.1. The Hall–Kier alpha value is -0.770. The largest absolute Gasteiger partial charge is 0.378 e. The molecule has 2 amide bonds.